The van der Waals surface area contributed by atoms with Crippen LogP contribution in [0.1, 0.15) is 12.1 Å². The van der Waals surface area contributed by atoms with Gasteiger partial charge >= 0.3 is 0 Å². The van der Waals surface area contributed by atoms with Crippen molar-refractivity contribution >= 4 is 16.5 Å². The van der Waals surface area contributed by atoms with Crippen molar-refractivity contribution in [3.63, 3.8) is 0 Å². The summed E-state index contributed by atoms with van der Waals surface area (Å²) in [5, 5.41) is 1.20. The van der Waals surface area contributed by atoms with Gasteiger partial charge in [-0.2, -0.15) is 0 Å². The molecule has 0 radical (unpaired) electrons. The molecular formula is C17H18N2O. The van der Waals surface area contributed by atoms with Gasteiger partial charge in [-0.25, -0.2) is 4.98 Å². The average Bonchev–Trinajstić information content (AvgIpc) is 2.46. The number of fused-ring (bicyclic) bond motifs is 3. The first-order chi connectivity index (χ1) is 9.81. The van der Waals surface area contributed by atoms with Crippen molar-refractivity contribution in [2.75, 3.05) is 20.3 Å². The molecule has 102 valence electrons. The first kappa shape index (κ1) is 12.1. The maximum absolute atomic E-state index is 5.65. The minimum atomic E-state index is 0.394. The Morgan fingerprint density at radius 2 is 2.05 bits per heavy atom. The van der Waals surface area contributed by atoms with E-state index in [1.54, 1.807) is 0 Å². The lowest BCUT2D eigenvalue weighted by Crippen LogP contribution is -2.51. The number of aromatic nitrogens is 1. The second-order valence-corrected chi connectivity index (χ2v) is 5.71. The molecule has 3 nitrogen and oxygen atoms in total. The van der Waals surface area contributed by atoms with Crippen LogP contribution < -0.4 is 0 Å². The summed E-state index contributed by atoms with van der Waals surface area (Å²) in [6.45, 7) is 1.63. The van der Waals surface area contributed by atoms with E-state index in [-0.39, 0.29) is 0 Å². The number of ether oxygens (including phenoxy) is 1. The molecule has 0 aliphatic carbocycles. The molecule has 2 unspecified atom stereocenters. The number of hydrogen-bond donors (Lipinski definition) is 0. The molecule has 1 aromatic heterocycles. The van der Waals surface area contributed by atoms with Crippen LogP contribution in [0, 0.1) is 0 Å². The van der Waals surface area contributed by atoms with Gasteiger partial charge in [-0.15, -0.1) is 0 Å². The lowest BCUT2D eigenvalue weighted by molar-refractivity contribution is -0.0222. The van der Waals surface area contributed by atoms with Crippen molar-refractivity contribution in [2.45, 2.75) is 18.5 Å². The Balaban J connectivity index is 1.75. The molecule has 3 heterocycles. The van der Waals surface area contributed by atoms with E-state index in [0.29, 0.717) is 12.1 Å². The van der Waals surface area contributed by atoms with Crippen LogP contribution in [0.25, 0.3) is 16.5 Å². The van der Waals surface area contributed by atoms with E-state index in [0.717, 1.165) is 30.8 Å². The number of benzene rings is 1. The summed E-state index contributed by atoms with van der Waals surface area (Å²) in [6.07, 6.45) is 3.35. The molecule has 0 spiro atoms. The quantitative estimate of drug-likeness (QED) is 0.793. The van der Waals surface area contributed by atoms with Crippen LogP contribution in [-0.2, 0) is 4.74 Å². The standard InChI is InChI=1S/C17H18N2O/c1-19-14-8-13(9-15(19)11-20-10-14)17-7-6-12-4-2-3-5-16(12)18-17/h2-8,14-15H,9-11H2,1H3. The van der Waals surface area contributed by atoms with Gasteiger partial charge in [-0.3, -0.25) is 4.90 Å². The Labute approximate surface area is 118 Å². The monoisotopic (exact) mass is 266 g/mol. The van der Waals surface area contributed by atoms with Gasteiger partial charge in [0.2, 0.25) is 0 Å². The molecule has 2 aliphatic heterocycles. The molecule has 4 rings (SSSR count). The summed E-state index contributed by atoms with van der Waals surface area (Å²) in [4.78, 5) is 7.25. The molecule has 2 aromatic rings. The van der Waals surface area contributed by atoms with Crippen molar-refractivity contribution in [3.05, 3.63) is 48.2 Å². The molecule has 2 bridgehead atoms. The highest BCUT2D eigenvalue weighted by Crippen LogP contribution is 2.31. The van der Waals surface area contributed by atoms with E-state index in [4.69, 9.17) is 9.72 Å². The predicted molar refractivity (Wildman–Crippen MR) is 80.5 cm³/mol. The van der Waals surface area contributed by atoms with Crippen LogP contribution in [0.15, 0.2) is 42.5 Å². The number of morpholine rings is 1. The van der Waals surface area contributed by atoms with Crippen LogP contribution in [0.4, 0.5) is 0 Å². The highest BCUT2D eigenvalue weighted by atomic mass is 16.5. The third-order valence-electron chi connectivity index (χ3n) is 4.47. The fourth-order valence-corrected chi connectivity index (χ4v) is 3.19. The minimum Gasteiger partial charge on any atom is -0.378 e. The third-order valence-corrected chi connectivity index (χ3v) is 4.47. The summed E-state index contributed by atoms with van der Waals surface area (Å²) in [7, 11) is 2.19. The highest BCUT2D eigenvalue weighted by Gasteiger charge is 2.32. The topological polar surface area (TPSA) is 25.4 Å². The van der Waals surface area contributed by atoms with Crippen LogP contribution in [0.3, 0.4) is 0 Å². The Bertz CT molecular complexity index is 679. The summed E-state index contributed by atoms with van der Waals surface area (Å²) in [5.41, 5.74) is 3.56. The molecular weight excluding hydrogens is 248 g/mol. The van der Waals surface area contributed by atoms with Gasteiger partial charge in [0.1, 0.15) is 0 Å². The first-order valence-corrected chi connectivity index (χ1v) is 7.18. The molecule has 1 saturated heterocycles. The molecule has 2 aliphatic rings. The largest absolute Gasteiger partial charge is 0.378 e. The van der Waals surface area contributed by atoms with E-state index in [1.807, 2.05) is 6.07 Å². The molecule has 2 atom stereocenters. The zero-order valence-corrected chi connectivity index (χ0v) is 11.6. The zero-order chi connectivity index (χ0) is 13.5. The summed E-state index contributed by atoms with van der Waals surface area (Å²) < 4.78 is 5.65. The van der Waals surface area contributed by atoms with Crippen molar-refractivity contribution < 1.29 is 4.74 Å². The van der Waals surface area contributed by atoms with Gasteiger partial charge in [0, 0.05) is 11.4 Å². The second kappa shape index (κ2) is 4.69. The van der Waals surface area contributed by atoms with Crippen molar-refractivity contribution in [1.82, 2.24) is 9.88 Å². The maximum atomic E-state index is 5.65. The summed E-state index contributed by atoms with van der Waals surface area (Å²) >= 11 is 0. The molecule has 0 amide bonds. The number of para-hydroxylation sites is 1. The van der Waals surface area contributed by atoms with Gasteiger partial charge in [0.25, 0.3) is 0 Å². The molecule has 20 heavy (non-hydrogen) atoms. The Morgan fingerprint density at radius 1 is 1.15 bits per heavy atom. The number of pyridine rings is 1. The van der Waals surface area contributed by atoms with E-state index in [9.17, 15) is 0 Å². The molecule has 1 fully saturated rings. The summed E-state index contributed by atoms with van der Waals surface area (Å²) in [6, 6.07) is 13.5. The fourth-order valence-electron chi connectivity index (χ4n) is 3.19. The van der Waals surface area contributed by atoms with Gasteiger partial charge < -0.3 is 4.74 Å². The number of hydrogen-bond acceptors (Lipinski definition) is 3. The van der Waals surface area contributed by atoms with Gasteiger partial charge in [-0.05, 0) is 31.2 Å². The Hall–Kier alpha value is -1.71. The smallest absolute Gasteiger partial charge is 0.0709 e. The maximum Gasteiger partial charge on any atom is 0.0709 e. The molecule has 1 aromatic carbocycles. The van der Waals surface area contributed by atoms with Crippen LogP contribution in [0.2, 0.25) is 0 Å². The fraction of sp³-hybridized carbons (Fsp3) is 0.353. The van der Waals surface area contributed by atoms with Crippen molar-refractivity contribution in [2.24, 2.45) is 0 Å². The predicted octanol–water partition coefficient (Wildman–Crippen LogP) is 2.72. The number of nitrogens with zero attached hydrogens (tertiary/aromatic N) is 2. The molecule has 0 saturated carbocycles. The summed E-state index contributed by atoms with van der Waals surface area (Å²) in [5.74, 6) is 0. The van der Waals surface area contributed by atoms with Gasteiger partial charge in [0.15, 0.2) is 0 Å². The Morgan fingerprint density at radius 3 is 2.95 bits per heavy atom. The molecule has 3 heteroatoms. The highest BCUT2D eigenvalue weighted by molar-refractivity contribution is 5.81. The lowest BCUT2D eigenvalue weighted by atomic mass is 9.92. The van der Waals surface area contributed by atoms with Crippen molar-refractivity contribution in [3.8, 4) is 0 Å². The van der Waals surface area contributed by atoms with E-state index >= 15 is 0 Å². The van der Waals surface area contributed by atoms with Crippen LogP contribution in [0.5, 0.6) is 0 Å². The first-order valence-electron chi connectivity index (χ1n) is 7.18. The normalized spacial score (nSPS) is 26.6. The SMILES string of the molecule is CN1C2C=C(c3ccc4ccccc4n3)CC1COC2. The minimum absolute atomic E-state index is 0.394. The number of rotatable bonds is 1. The second-order valence-electron chi connectivity index (χ2n) is 5.71. The zero-order valence-electron chi connectivity index (χ0n) is 11.6. The van der Waals surface area contributed by atoms with Crippen LogP contribution in [-0.4, -0.2) is 42.2 Å². The van der Waals surface area contributed by atoms with Gasteiger partial charge in [-0.1, -0.05) is 30.3 Å². The molecule has 0 N–H and O–H groups in total. The van der Waals surface area contributed by atoms with Crippen molar-refractivity contribution in [1.29, 1.82) is 0 Å². The van der Waals surface area contributed by atoms with E-state index in [1.165, 1.54) is 11.0 Å². The van der Waals surface area contributed by atoms with E-state index < -0.39 is 0 Å². The lowest BCUT2D eigenvalue weighted by Gasteiger charge is -2.42. The van der Waals surface area contributed by atoms with Gasteiger partial charge in [0.05, 0.1) is 30.5 Å². The van der Waals surface area contributed by atoms with Crippen LogP contribution >= 0.6 is 0 Å². The third kappa shape index (κ3) is 1.94. The average molecular weight is 266 g/mol. The Kier molecular flexibility index (Phi) is 2.83. The number of likely N-dealkylation sites (N-methyl/N-ethyl adjacent to an activating group) is 1. The van der Waals surface area contributed by atoms with E-state index in [2.05, 4.69) is 48.4 Å².